The molecule has 0 amide bonds. The van der Waals surface area contributed by atoms with Crippen LogP contribution in [0.2, 0.25) is 0 Å². The Morgan fingerprint density at radius 3 is 2.45 bits per heavy atom. The number of aliphatic imine (C=N–C) groups is 1. The van der Waals surface area contributed by atoms with Crippen molar-refractivity contribution in [2.24, 2.45) is 4.99 Å². The summed E-state index contributed by atoms with van der Waals surface area (Å²) in [5, 5.41) is 6.74. The highest BCUT2D eigenvalue weighted by atomic mass is 32.2. The lowest BCUT2D eigenvalue weighted by atomic mass is 10.1. The van der Waals surface area contributed by atoms with Crippen LogP contribution >= 0.6 is 0 Å². The van der Waals surface area contributed by atoms with E-state index < -0.39 is 21.5 Å². The van der Waals surface area contributed by atoms with Crippen molar-refractivity contribution in [3.8, 4) is 0 Å². The van der Waals surface area contributed by atoms with Crippen molar-refractivity contribution in [2.75, 3.05) is 38.2 Å². The standard InChI is InChI=1S/C20H30F2N4O2S/c1-3-23-20(24-14-7-9-26(10-8-14)11-12-29(2,27)28)25-18-13-15(18)19-16(21)5-4-6-17(19)22/h4-6,14-15,18H,3,7-13H2,1-2H3,(H2,23,24,25). The van der Waals surface area contributed by atoms with Gasteiger partial charge in [-0.2, -0.15) is 0 Å². The predicted octanol–water partition coefficient (Wildman–Crippen LogP) is 1.88. The molecule has 1 aliphatic heterocycles. The monoisotopic (exact) mass is 428 g/mol. The van der Waals surface area contributed by atoms with Gasteiger partial charge in [0.05, 0.1) is 5.75 Å². The van der Waals surface area contributed by atoms with E-state index in [1.807, 2.05) is 6.92 Å². The molecule has 1 aromatic carbocycles. The molecule has 1 aliphatic carbocycles. The average molecular weight is 429 g/mol. The maximum absolute atomic E-state index is 14.0. The number of hydrogen-bond donors (Lipinski definition) is 2. The molecule has 2 N–H and O–H groups in total. The molecule has 0 radical (unpaired) electrons. The SMILES string of the molecule is CCN=C(NC1CCN(CCS(C)(=O)=O)CC1)NC1CC1c1c(F)cccc1F. The lowest BCUT2D eigenvalue weighted by molar-refractivity contribution is 0.216. The van der Waals surface area contributed by atoms with Crippen molar-refractivity contribution in [1.29, 1.82) is 0 Å². The van der Waals surface area contributed by atoms with E-state index in [0.717, 1.165) is 25.9 Å². The van der Waals surface area contributed by atoms with Gasteiger partial charge in [-0.3, -0.25) is 4.99 Å². The van der Waals surface area contributed by atoms with Crippen LogP contribution in [0, 0.1) is 11.6 Å². The van der Waals surface area contributed by atoms with Crippen LogP contribution in [-0.2, 0) is 9.84 Å². The second-order valence-corrected chi connectivity index (χ2v) is 10.2. The fourth-order valence-corrected chi connectivity index (χ4v) is 4.38. The number of rotatable bonds is 7. The van der Waals surface area contributed by atoms with Crippen LogP contribution < -0.4 is 10.6 Å². The summed E-state index contributed by atoms with van der Waals surface area (Å²) in [7, 11) is -2.94. The second kappa shape index (κ2) is 9.38. The van der Waals surface area contributed by atoms with Crippen molar-refractivity contribution < 1.29 is 17.2 Å². The minimum Gasteiger partial charge on any atom is -0.354 e. The molecule has 0 bridgehead atoms. The van der Waals surface area contributed by atoms with Gasteiger partial charge in [-0.15, -0.1) is 0 Å². The van der Waals surface area contributed by atoms with E-state index in [1.165, 1.54) is 24.5 Å². The predicted molar refractivity (Wildman–Crippen MR) is 111 cm³/mol. The lowest BCUT2D eigenvalue weighted by Crippen LogP contribution is -2.49. The quantitative estimate of drug-likeness (QED) is 0.513. The molecule has 2 aliphatic rings. The number of hydrogen-bond acceptors (Lipinski definition) is 4. The van der Waals surface area contributed by atoms with E-state index in [9.17, 15) is 17.2 Å². The number of nitrogens with one attached hydrogen (secondary N) is 2. The van der Waals surface area contributed by atoms with Crippen molar-refractivity contribution in [3.05, 3.63) is 35.4 Å². The van der Waals surface area contributed by atoms with Gasteiger partial charge in [-0.1, -0.05) is 6.07 Å². The molecule has 2 atom stereocenters. The highest BCUT2D eigenvalue weighted by Gasteiger charge is 2.42. The van der Waals surface area contributed by atoms with E-state index in [1.54, 1.807) is 0 Å². The molecule has 1 aromatic rings. The van der Waals surface area contributed by atoms with Crippen molar-refractivity contribution >= 4 is 15.8 Å². The summed E-state index contributed by atoms with van der Waals surface area (Å²) in [6, 6.07) is 4.18. The van der Waals surface area contributed by atoms with Gasteiger partial charge < -0.3 is 15.5 Å². The first kappa shape index (κ1) is 22.0. The number of halogens is 2. The fourth-order valence-electron chi connectivity index (χ4n) is 3.79. The summed E-state index contributed by atoms with van der Waals surface area (Å²) in [6.07, 6.45) is 3.72. The minimum absolute atomic E-state index is 0.0333. The molecular formula is C20H30F2N4O2S. The molecule has 1 saturated carbocycles. The first-order valence-electron chi connectivity index (χ1n) is 10.2. The zero-order valence-electron chi connectivity index (χ0n) is 17.0. The van der Waals surface area contributed by atoms with Crippen LogP contribution in [0.4, 0.5) is 8.78 Å². The molecule has 9 heteroatoms. The molecule has 29 heavy (non-hydrogen) atoms. The highest BCUT2D eigenvalue weighted by molar-refractivity contribution is 7.90. The zero-order chi connectivity index (χ0) is 21.0. The normalized spacial score (nSPS) is 23.8. The first-order valence-corrected chi connectivity index (χ1v) is 12.2. The van der Waals surface area contributed by atoms with Gasteiger partial charge in [0.1, 0.15) is 21.5 Å². The summed E-state index contributed by atoms with van der Waals surface area (Å²) < 4.78 is 50.6. The van der Waals surface area contributed by atoms with Crippen LogP contribution in [-0.4, -0.2) is 69.5 Å². The Morgan fingerprint density at radius 1 is 1.21 bits per heavy atom. The Labute approximate surface area is 171 Å². The molecular weight excluding hydrogens is 398 g/mol. The van der Waals surface area contributed by atoms with Crippen molar-refractivity contribution in [3.63, 3.8) is 0 Å². The molecule has 0 aromatic heterocycles. The smallest absolute Gasteiger partial charge is 0.191 e. The van der Waals surface area contributed by atoms with Gasteiger partial charge in [0.2, 0.25) is 0 Å². The van der Waals surface area contributed by atoms with Crippen molar-refractivity contribution in [1.82, 2.24) is 15.5 Å². The first-order chi connectivity index (χ1) is 13.8. The van der Waals surface area contributed by atoms with Gasteiger partial charge in [-0.25, -0.2) is 17.2 Å². The number of piperidine rings is 1. The third-order valence-corrected chi connectivity index (χ3v) is 6.43. The van der Waals surface area contributed by atoms with Gasteiger partial charge in [0, 0.05) is 56.0 Å². The van der Waals surface area contributed by atoms with Crippen LogP contribution in [0.15, 0.2) is 23.2 Å². The fraction of sp³-hybridized carbons (Fsp3) is 0.650. The Bertz CT molecular complexity index is 819. The van der Waals surface area contributed by atoms with Crippen molar-refractivity contribution in [2.45, 2.75) is 44.2 Å². The summed E-state index contributed by atoms with van der Waals surface area (Å²) in [6.45, 7) is 4.78. The number of likely N-dealkylation sites (tertiary alicyclic amines) is 1. The molecule has 1 heterocycles. The maximum atomic E-state index is 14.0. The molecule has 2 unspecified atom stereocenters. The Kier molecular flexibility index (Phi) is 7.10. The molecule has 1 saturated heterocycles. The molecule has 162 valence electrons. The van der Waals surface area contributed by atoms with Gasteiger partial charge in [0.15, 0.2) is 5.96 Å². The summed E-state index contributed by atoms with van der Waals surface area (Å²) in [4.78, 5) is 6.64. The van der Waals surface area contributed by atoms with Crippen LogP contribution in [0.5, 0.6) is 0 Å². The largest absolute Gasteiger partial charge is 0.354 e. The average Bonchev–Trinajstić information content (AvgIpc) is 3.39. The number of sulfone groups is 1. The summed E-state index contributed by atoms with van der Waals surface area (Å²) in [5.74, 6) is -0.320. The van der Waals surface area contributed by atoms with Gasteiger partial charge >= 0.3 is 0 Å². The topological polar surface area (TPSA) is 73.8 Å². The third-order valence-electron chi connectivity index (χ3n) is 5.51. The third kappa shape index (κ3) is 6.37. The number of nitrogens with zero attached hydrogens (tertiary/aromatic N) is 2. The van der Waals surface area contributed by atoms with Crippen LogP contribution in [0.3, 0.4) is 0 Å². The van der Waals surface area contributed by atoms with E-state index >= 15 is 0 Å². The number of guanidine groups is 1. The Balaban J connectivity index is 1.49. The maximum Gasteiger partial charge on any atom is 0.191 e. The van der Waals surface area contributed by atoms with Crippen LogP contribution in [0.1, 0.15) is 37.7 Å². The molecule has 0 spiro atoms. The second-order valence-electron chi connectivity index (χ2n) is 7.94. The zero-order valence-corrected chi connectivity index (χ0v) is 17.8. The Morgan fingerprint density at radius 2 is 1.86 bits per heavy atom. The van der Waals surface area contributed by atoms with E-state index in [-0.39, 0.29) is 29.3 Å². The van der Waals surface area contributed by atoms with E-state index in [2.05, 4.69) is 20.5 Å². The van der Waals surface area contributed by atoms with E-state index in [0.29, 0.717) is 25.5 Å². The minimum atomic E-state index is -2.94. The van der Waals surface area contributed by atoms with Gasteiger partial charge in [-0.05, 0) is 38.3 Å². The molecule has 6 nitrogen and oxygen atoms in total. The van der Waals surface area contributed by atoms with Crippen LogP contribution in [0.25, 0.3) is 0 Å². The molecule has 3 rings (SSSR count). The number of benzene rings is 1. The summed E-state index contributed by atoms with van der Waals surface area (Å²) >= 11 is 0. The summed E-state index contributed by atoms with van der Waals surface area (Å²) in [5.41, 5.74) is 0.153. The lowest BCUT2D eigenvalue weighted by Gasteiger charge is -2.33. The Hall–Kier alpha value is -1.74. The molecule has 2 fully saturated rings. The van der Waals surface area contributed by atoms with Gasteiger partial charge in [0.25, 0.3) is 0 Å². The van der Waals surface area contributed by atoms with E-state index in [4.69, 9.17) is 0 Å². The highest BCUT2D eigenvalue weighted by Crippen LogP contribution is 2.43.